The molecule has 0 unspecified atom stereocenters. The van der Waals surface area contributed by atoms with Crippen LogP contribution in [0.4, 0.5) is 4.79 Å². The Bertz CT molecular complexity index is 1040. The molecule has 5 nitrogen and oxygen atoms in total. The predicted octanol–water partition coefficient (Wildman–Crippen LogP) is 4.06. The van der Waals surface area contributed by atoms with Crippen LogP contribution in [0.3, 0.4) is 0 Å². The van der Waals surface area contributed by atoms with Crippen molar-refractivity contribution in [2.24, 2.45) is 0 Å². The van der Waals surface area contributed by atoms with Gasteiger partial charge in [-0.2, -0.15) is 0 Å². The van der Waals surface area contributed by atoms with Crippen LogP contribution in [0.2, 0.25) is 0 Å². The summed E-state index contributed by atoms with van der Waals surface area (Å²) in [6.07, 6.45) is 0.386. The van der Waals surface area contributed by atoms with Crippen molar-refractivity contribution in [1.29, 1.82) is 0 Å². The van der Waals surface area contributed by atoms with Gasteiger partial charge in [0.05, 0.1) is 6.54 Å². The predicted molar refractivity (Wildman–Crippen MR) is 115 cm³/mol. The fourth-order valence-corrected chi connectivity index (χ4v) is 3.84. The molecule has 0 bridgehead atoms. The summed E-state index contributed by atoms with van der Waals surface area (Å²) < 4.78 is 5.81. The highest BCUT2D eigenvalue weighted by Gasteiger charge is 2.52. The topological polar surface area (TPSA) is 58.6 Å². The van der Waals surface area contributed by atoms with Crippen LogP contribution in [-0.4, -0.2) is 30.0 Å². The molecule has 0 spiro atoms. The van der Waals surface area contributed by atoms with Crippen LogP contribution in [0.25, 0.3) is 0 Å². The molecule has 1 N–H and O–H groups in total. The summed E-state index contributed by atoms with van der Waals surface area (Å²) in [5.74, 6) is 0.499. The summed E-state index contributed by atoms with van der Waals surface area (Å²) in [5.41, 5.74) is 1.64. The number of benzene rings is 3. The Hall–Kier alpha value is -3.60. The van der Waals surface area contributed by atoms with Crippen molar-refractivity contribution in [3.63, 3.8) is 0 Å². The Morgan fingerprint density at radius 3 is 2.20 bits per heavy atom. The number of hydrogen-bond donors (Lipinski definition) is 1. The first-order valence-electron chi connectivity index (χ1n) is 10.0. The first-order valence-corrected chi connectivity index (χ1v) is 10.0. The quantitative estimate of drug-likeness (QED) is 0.609. The van der Waals surface area contributed by atoms with Crippen molar-refractivity contribution < 1.29 is 14.3 Å². The van der Waals surface area contributed by atoms with Crippen molar-refractivity contribution in [2.45, 2.75) is 18.9 Å². The molecule has 0 aliphatic carbocycles. The second kappa shape index (κ2) is 8.41. The molecule has 0 saturated carbocycles. The highest BCUT2D eigenvalue weighted by Crippen LogP contribution is 2.33. The number of ether oxygens (including phenoxy) is 1. The highest BCUT2D eigenvalue weighted by atomic mass is 16.5. The summed E-state index contributed by atoms with van der Waals surface area (Å²) in [7, 11) is 0. The number of aryl methyl sites for hydroxylation is 1. The van der Waals surface area contributed by atoms with E-state index >= 15 is 0 Å². The molecule has 1 atom stereocenters. The number of urea groups is 1. The SMILES string of the molecule is Cc1ccccc1OCCN1C(=O)N[C@](Cc2ccccc2)(c2ccccc2)C1=O. The second-order valence-electron chi connectivity index (χ2n) is 7.43. The van der Waals surface area contributed by atoms with E-state index in [4.69, 9.17) is 4.74 Å². The fraction of sp³-hybridized carbons (Fsp3) is 0.200. The van der Waals surface area contributed by atoms with E-state index in [0.717, 1.165) is 22.4 Å². The lowest BCUT2D eigenvalue weighted by Gasteiger charge is -2.27. The molecule has 1 aliphatic rings. The molecule has 30 heavy (non-hydrogen) atoms. The number of hydrogen-bond acceptors (Lipinski definition) is 3. The van der Waals surface area contributed by atoms with Crippen molar-refractivity contribution in [2.75, 3.05) is 13.2 Å². The molecule has 0 radical (unpaired) electrons. The minimum absolute atomic E-state index is 0.183. The largest absolute Gasteiger partial charge is 0.491 e. The molecular formula is C25H24N2O3. The molecule has 1 aliphatic heterocycles. The zero-order valence-electron chi connectivity index (χ0n) is 16.9. The van der Waals surface area contributed by atoms with Crippen molar-refractivity contribution in [1.82, 2.24) is 10.2 Å². The summed E-state index contributed by atoms with van der Waals surface area (Å²) in [5, 5.41) is 2.97. The van der Waals surface area contributed by atoms with Gasteiger partial charge in [0.25, 0.3) is 5.91 Å². The number of amides is 3. The maximum atomic E-state index is 13.5. The molecule has 0 aromatic heterocycles. The van der Waals surface area contributed by atoms with Gasteiger partial charge in [0.2, 0.25) is 0 Å². The standard InChI is InChI=1S/C25H24N2O3/c1-19-10-8-9-15-22(19)30-17-16-27-23(28)25(26-24(27)29,21-13-6-3-7-14-21)18-20-11-4-2-5-12-20/h2-15H,16-18H2,1H3,(H,26,29)/t25-/m1/s1. The molecule has 1 saturated heterocycles. The number of carbonyl (C=O) groups is 2. The minimum atomic E-state index is -1.12. The molecule has 152 valence electrons. The van der Waals surface area contributed by atoms with Crippen LogP contribution in [0.5, 0.6) is 5.75 Å². The lowest BCUT2D eigenvalue weighted by molar-refractivity contribution is -0.131. The highest BCUT2D eigenvalue weighted by molar-refractivity contribution is 6.07. The van der Waals surface area contributed by atoms with Crippen LogP contribution in [-0.2, 0) is 16.8 Å². The fourth-order valence-electron chi connectivity index (χ4n) is 3.84. The zero-order chi connectivity index (χ0) is 21.0. The van der Waals surface area contributed by atoms with Crippen LogP contribution >= 0.6 is 0 Å². The Balaban J connectivity index is 1.57. The normalized spacial score (nSPS) is 18.4. The van der Waals surface area contributed by atoms with Gasteiger partial charge in [-0.05, 0) is 29.7 Å². The van der Waals surface area contributed by atoms with E-state index in [1.807, 2.05) is 91.9 Å². The van der Waals surface area contributed by atoms with E-state index in [2.05, 4.69) is 5.32 Å². The molecule has 1 fully saturated rings. The minimum Gasteiger partial charge on any atom is -0.491 e. The van der Waals surface area contributed by atoms with Gasteiger partial charge in [0, 0.05) is 6.42 Å². The molecule has 3 aromatic rings. The van der Waals surface area contributed by atoms with Crippen LogP contribution in [0.15, 0.2) is 84.9 Å². The van der Waals surface area contributed by atoms with Crippen molar-refractivity contribution in [3.05, 3.63) is 102 Å². The van der Waals surface area contributed by atoms with Gasteiger partial charge < -0.3 is 10.1 Å². The molecule has 3 amide bonds. The third-order valence-corrected chi connectivity index (χ3v) is 5.42. The van der Waals surface area contributed by atoms with Gasteiger partial charge in [0.1, 0.15) is 12.4 Å². The van der Waals surface area contributed by atoms with Gasteiger partial charge in [-0.3, -0.25) is 9.69 Å². The molecule has 1 heterocycles. The van der Waals surface area contributed by atoms with E-state index < -0.39 is 11.6 Å². The average Bonchev–Trinajstić information content (AvgIpc) is 3.01. The van der Waals surface area contributed by atoms with Crippen LogP contribution in [0, 0.1) is 6.92 Å². The number of carbonyl (C=O) groups excluding carboxylic acids is 2. The third kappa shape index (κ3) is 3.79. The first-order chi connectivity index (χ1) is 14.6. The van der Waals surface area contributed by atoms with Crippen molar-refractivity contribution >= 4 is 11.9 Å². The van der Waals surface area contributed by atoms with Crippen LogP contribution in [0.1, 0.15) is 16.7 Å². The average molecular weight is 400 g/mol. The van der Waals surface area contributed by atoms with E-state index in [1.165, 1.54) is 4.90 Å². The Labute approximate surface area is 176 Å². The first kappa shape index (κ1) is 19.7. The van der Waals surface area contributed by atoms with Gasteiger partial charge in [0.15, 0.2) is 5.54 Å². The lowest BCUT2D eigenvalue weighted by Crippen LogP contribution is -2.46. The molecular weight excluding hydrogens is 376 g/mol. The lowest BCUT2D eigenvalue weighted by atomic mass is 9.83. The molecule has 3 aromatic carbocycles. The zero-order valence-corrected chi connectivity index (χ0v) is 16.9. The number of rotatable bonds is 7. The van der Waals surface area contributed by atoms with E-state index in [-0.39, 0.29) is 19.1 Å². The van der Waals surface area contributed by atoms with Gasteiger partial charge in [-0.25, -0.2) is 4.79 Å². The van der Waals surface area contributed by atoms with Gasteiger partial charge in [-0.15, -0.1) is 0 Å². The monoisotopic (exact) mass is 400 g/mol. The maximum Gasteiger partial charge on any atom is 0.325 e. The van der Waals surface area contributed by atoms with E-state index in [1.54, 1.807) is 0 Å². The van der Waals surface area contributed by atoms with Gasteiger partial charge >= 0.3 is 6.03 Å². The third-order valence-electron chi connectivity index (χ3n) is 5.42. The summed E-state index contributed by atoms with van der Waals surface area (Å²) >= 11 is 0. The number of nitrogens with one attached hydrogen (secondary N) is 1. The molecule has 4 rings (SSSR count). The number of imide groups is 1. The molecule has 5 heteroatoms. The Morgan fingerprint density at radius 1 is 0.867 bits per heavy atom. The maximum absolute atomic E-state index is 13.5. The summed E-state index contributed by atoms with van der Waals surface area (Å²) in [6.45, 7) is 2.38. The van der Waals surface area contributed by atoms with E-state index in [9.17, 15) is 9.59 Å². The van der Waals surface area contributed by atoms with Crippen LogP contribution < -0.4 is 10.1 Å². The summed E-state index contributed by atoms with van der Waals surface area (Å²) in [6, 6.07) is 26.4. The van der Waals surface area contributed by atoms with E-state index in [0.29, 0.717) is 6.42 Å². The second-order valence-corrected chi connectivity index (χ2v) is 7.43. The smallest absolute Gasteiger partial charge is 0.325 e. The Morgan fingerprint density at radius 2 is 1.50 bits per heavy atom. The van der Waals surface area contributed by atoms with Gasteiger partial charge in [-0.1, -0.05) is 78.9 Å². The number of nitrogens with zero attached hydrogens (tertiary/aromatic N) is 1. The summed E-state index contributed by atoms with van der Waals surface area (Å²) in [4.78, 5) is 27.6. The van der Waals surface area contributed by atoms with Crippen molar-refractivity contribution in [3.8, 4) is 5.75 Å². The Kier molecular flexibility index (Phi) is 5.53. The number of para-hydroxylation sites is 1.